The van der Waals surface area contributed by atoms with Crippen LogP contribution in [0.4, 0.5) is 0 Å². The molecule has 4 saturated carbocycles. The van der Waals surface area contributed by atoms with Crippen molar-refractivity contribution >= 4 is 0 Å². The van der Waals surface area contributed by atoms with Gasteiger partial charge in [0.1, 0.15) is 116 Å². The molecule has 85 heavy (non-hydrogen) atoms. The lowest BCUT2D eigenvalue weighted by Crippen LogP contribution is -2.68. The van der Waals surface area contributed by atoms with Gasteiger partial charge in [-0.1, -0.05) is 27.7 Å². The molecule has 0 radical (unpaired) electrons. The highest BCUT2D eigenvalue weighted by Crippen LogP contribution is 2.71. The molecule has 28 nitrogen and oxygen atoms in total. The van der Waals surface area contributed by atoms with Crippen LogP contribution in [0.15, 0.2) is 0 Å². The molecule has 10 aliphatic rings. The number of ether oxygens (including phenoxy) is 12. The lowest BCUT2D eigenvalue weighted by molar-refractivity contribution is -0.404. The van der Waals surface area contributed by atoms with E-state index in [0.29, 0.717) is 43.4 Å². The van der Waals surface area contributed by atoms with Crippen LogP contribution in [-0.2, 0) is 56.8 Å². The molecule has 0 bridgehead atoms. The molecular formula is C57H96O28. The van der Waals surface area contributed by atoms with E-state index in [9.17, 15) is 81.7 Å². The second-order valence-electron chi connectivity index (χ2n) is 26.8. The Morgan fingerprint density at radius 2 is 1.07 bits per heavy atom. The molecule has 36 atom stereocenters. The minimum atomic E-state index is -2.02. The van der Waals surface area contributed by atoms with Gasteiger partial charge in [0.05, 0.1) is 51.8 Å². The van der Waals surface area contributed by atoms with Crippen molar-refractivity contribution in [3.05, 3.63) is 0 Å². The van der Waals surface area contributed by atoms with Crippen LogP contribution in [0.25, 0.3) is 0 Å². The van der Waals surface area contributed by atoms with Gasteiger partial charge in [0, 0.05) is 19.4 Å². The first-order valence-electron chi connectivity index (χ1n) is 30.7. The van der Waals surface area contributed by atoms with Crippen molar-refractivity contribution in [2.75, 3.05) is 46.8 Å². The molecule has 4 unspecified atom stereocenters. The molecule has 10 fully saturated rings. The molecule has 0 aromatic carbocycles. The van der Waals surface area contributed by atoms with Crippen LogP contribution in [0.2, 0.25) is 0 Å². The highest BCUT2D eigenvalue weighted by atomic mass is 16.8. The Kier molecular flexibility index (Phi) is 21.1. The Morgan fingerprint density at radius 1 is 0.518 bits per heavy atom. The lowest BCUT2D eigenvalue weighted by Gasteiger charge is -2.61. The fraction of sp³-hybridized carbons (Fsp3) is 1.00. The summed E-state index contributed by atoms with van der Waals surface area (Å²) < 4.78 is 72.8. The molecule has 16 N–H and O–H groups in total. The first-order valence-corrected chi connectivity index (χ1v) is 30.7. The number of aliphatic hydroxyl groups is 16. The lowest BCUT2D eigenvalue weighted by atomic mass is 9.44. The minimum absolute atomic E-state index is 0.00540. The van der Waals surface area contributed by atoms with Crippen molar-refractivity contribution in [3.8, 4) is 0 Å². The Hall–Kier alpha value is -1.12. The van der Waals surface area contributed by atoms with Crippen LogP contribution in [0.5, 0.6) is 0 Å². The van der Waals surface area contributed by atoms with Crippen LogP contribution in [0.3, 0.4) is 0 Å². The standard InChI is InChI=1S/C57H96O28/c1-22(20-75-50-44(71)40(67)37(64)31(16-58)78-50)8-13-57(74-5)23(2)35-30(85-57)15-28-26-7-6-24-14-25(9-11-55(24,3)27(26)10-12-56(28,35)4)77-52-46(73)42(69)47(34(19-61)81-52)82-54-49(84-53-45(72)41(68)38(65)32(17-59)79-53)48(39(66)33(18-60)80-54)83-51-43(70)36(63)29(62)21-76-51/h22-54,58-73H,6-21H2,1-5H3/t22?,23-,24?,25-,26+,27-,28-,29+,30-,31+,32+,33+,34+,35-,36-,37+,38+,39+,40-,41-,42?,43+,44+,45+,46?,47+,48-,49+,50+,51-,52+,53-,54-,55-,56-,57+/m0/s1. The summed E-state index contributed by atoms with van der Waals surface area (Å²) in [4.78, 5) is 0. The fourth-order valence-corrected chi connectivity index (χ4v) is 17.2. The third kappa shape index (κ3) is 12.3. The summed E-state index contributed by atoms with van der Waals surface area (Å²) >= 11 is 0. The quantitative estimate of drug-likeness (QED) is 0.0540. The molecule has 0 aromatic rings. The van der Waals surface area contributed by atoms with Crippen LogP contribution >= 0.6 is 0 Å². The SMILES string of the molecule is CO[C@]1(CCC(C)CO[C@@H]2O[C@H](CO)[C@@H](O)[C@H](O)[C@H]2O)O[C@H]2C[C@H]3[C@@H]4CCC5C[C@@H](O[C@@H]6O[C@H](CO)[C@@H](O[C@@H]7O[C@H](CO)[C@@H](O)[C@H](O[C@@H]8OC[C@@H](O)[C@H](O)[C@H]8O)[C@H]7O[C@@H]7O[C@H](CO)[C@@H](O)[C@H](O)[C@H]7O)C(O)C6O)CC[C@]5(C)[C@H]4CC[C@]3(C)[C@H]2[C@@H]1C. The van der Waals surface area contributed by atoms with Gasteiger partial charge in [0.2, 0.25) is 0 Å². The molecule has 0 amide bonds. The summed E-state index contributed by atoms with van der Waals surface area (Å²) in [5.74, 6) is 1.23. The summed E-state index contributed by atoms with van der Waals surface area (Å²) in [5.41, 5.74) is 0.0173. The number of hydrogen-bond acceptors (Lipinski definition) is 28. The van der Waals surface area contributed by atoms with E-state index in [2.05, 4.69) is 20.8 Å². The molecule has 6 saturated heterocycles. The second kappa shape index (κ2) is 26.8. The third-order valence-electron chi connectivity index (χ3n) is 22.1. The minimum Gasteiger partial charge on any atom is -0.394 e. The maximum atomic E-state index is 11.9. The van der Waals surface area contributed by atoms with E-state index in [1.807, 2.05) is 6.92 Å². The topological polar surface area (TPSA) is 434 Å². The number of methoxy groups -OCH3 is 1. The van der Waals surface area contributed by atoms with Gasteiger partial charge in [-0.05, 0) is 104 Å². The summed E-state index contributed by atoms with van der Waals surface area (Å²) in [6, 6.07) is 0. The van der Waals surface area contributed by atoms with Gasteiger partial charge < -0.3 is 139 Å². The molecule has 492 valence electrons. The molecule has 28 heteroatoms. The van der Waals surface area contributed by atoms with Crippen LogP contribution in [0, 0.1) is 52.3 Å². The van der Waals surface area contributed by atoms with E-state index >= 15 is 0 Å². The molecule has 0 spiro atoms. The zero-order valence-electron chi connectivity index (χ0n) is 48.9. The maximum Gasteiger partial charge on any atom is 0.187 e. The Labute approximate surface area is 493 Å². The van der Waals surface area contributed by atoms with E-state index in [0.717, 1.165) is 38.5 Å². The number of hydrogen-bond donors (Lipinski definition) is 16. The summed E-state index contributed by atoms with van der Waals surface area (Å²) in [6.07, 6.45) is -32.1. The van der Waals surface area contributed by atoms with Gasteiger partial charge >= 0.3 is 0 Å². The molecular weight excluding hydrogens is 1130 g/mol. The second-order valence-corrected chi connectivity index (χ2v) is 26.8. The van der Waals surface area contributed by atoms with Gasteiger partial charge in [0.15, 0.2) is 37.2 Å². The predicted molar refractivity (Wildman–Crippen MR) is 283 cm³/mol. The summed E-state index contributed by atoms with van der Waals surface area (Å²) in [6.45, 7) is 5.72. The first-order chi connectivity index (χ1) is 40.4. The smallest absolute Gasteiger partial charge is 0.187 e. The van der Waals surface area contributed by atoms with Crippen molar-refractivity contribution in [2.45, 2.75) is 257 Å². The van der Waals surface area contributed by atoms with Gasteiger partial charge in [-0.25, -0.2) is 0 Å². The zero-order valence-corrected chi connectivity index (χ0v) is 48.9. The monoisotopic (exact) mass is 1230 g/mol. The van der Waals surface area contributed by atoms with Crippen molar-refractivity contribution in [2.24, 2.45) is 52.3 Å². The van der Waals surface area contributed by atoms with Crippen LogP contribution in [-0.4, -0.2) is 294 Å². The number of aliphatic hydroxyl groups excluding tert-OH is 16. The van der Waals surface area contributed by atoms with Crippen LogP contribution < -0.4 is 0 Å². The highest BCUT2D eigenvalue weighted by Gasteiger charge is 2.69. The van der Waals surface area contributed by atoms with Gasteiger partial charge in [-0.2, -0.15) is 0 Å². The molecule has 0 aromatic heterocycles. The summed E-state index contributed by atoms with van der Waals surface area (Å²) in [5, 5.41) is 170. The maximum absolute atomic E-state index is 11.9. The zero-order chi connectivity index (χ0) is 61.4. The summed E-state index contributed by atoms with van der Waals surface area (Å²) in [7, 11) is 1.71. The van der Waals surface area contributed by atoms with E-state index in [1.54, 1.807) is 7.11 Å². The largest absolute Gasteiger partial charge is 0.394 e. The van der Waals surface area contributed by atoms with Gasteiger partial charge in [0.25, 0.3) is 0 Å². The van der Waals surface area contributed by atoms with Crippen molar-refractivity contribution in [1.29, 1.82) is 0 Å². The Balaban J connectivity index is 0.764. The highest BCUT2D eigenvalue weighted by molar-refractivity contribution is 5.15. The average molecular weight is 1230 g/mol. The van der Waals surface area contributed by atoms with Crippen molar-refractivity contribution in [1.82, 2.24) is 0 Å². The molecule has 4 aliphatic carbocycles. The Morgan fingerprint density at radius 3 is 1.73 bits per heavy atom. The van der Waals surface area contributed by atoms with Gasteiger partial charge in [-0.3, -0.25) is 0 Å². The third-order valence-corrected chi connectivity index (χ3v) is 22.1. The molecule has 10 rings (SSSR count). The fourth-order valence-electron chi connectivity index (χ4n) is 17.2. The van der Waals surface area contributed by atoms with E-state index in [-0.39, 0.29) is 47.2 Å². The van der Waals surface area contributed by atoms with E-state index in [4.69, 9.17) is 56.8 Å². The molecule has 6 aliphatic heterocycles. The van der Waals surface area contributed by atoms with E-state index < -0.39 is 192 Å². The average Bonchev–Trinajstić information content (AvgIpc) is 1.60. The first kappa shape index (κ1) is 66.8. The van der Waals surface area contributed by atoms with Crippen molar-refractivity contribution in [3.63, 3.8) is 0 Å². The number of fused-ring (bicyclic) bond motifs is 7. The van der Waals surface area contributed by atoms with Gasteiger partial charge in [-0.15, -0.1) is 0 Å². The Bertz CT molecular complexity index is 2150. The molecule has 6 heterocycles. The number of rotatable bonds is 19. The van der Waals surface area contributed by atoms with E-state index in [1.165, 1.54) is 0 Å². The normalized spacial score (nSPS) is 54.9. The van der Waals surface area contributed by atoms with Crippen molar-refractivity contribution < 1.29 is 139 Å². The predicted octanol–water partition coefficient (Wildman–Crippen LogP) is -4.84. The van der Waals surface area contributed by atoms with Crippen LogP contribution in [0.1, 0.15) is 91.9 Å².